The summed E-state index contributed by atoms with van der Waals surface area (Å²) in [7, 11) is 0. The second-order valence-corrected chi connectivity index (χ2v) is 5.52. The summed E-state index contributed by atoms with van der Waals surface area (Å²) in [5.41, 5.74) is 8.83. The molecule has 0 saturated carbocycles. The molecule has 0 amide bonds. The molecule has 1 unspecified atom stereocenters. The molecule has 3 aromatic rings. The molecule has 3 rings (SSSR count). The first-order chi connectivity index (χ1) is 9.58. The van der Waals surface area contributed by atoms with Crippen LogP contribution in [0.3, 0.4) is 0 Å². The lowest BCUT2D eigenvalue weighted by molar-refractivity contribution is 0.668. The van der Waals surface area contributed by atoms with Crippen molar-refractivity contribution in [2.45, 2.75) is 13.0 Å². The van der Waals surface area contributed by atoms with Crippen molar-refractivity contribution < 1.29 is 0 Å². The molecule has 0 bridgehead atoms. The van der Waals surface area contributed by atoms with E-state index in [1.807, 2.05) is 47.0 Å². The van der Waals surface area contributed by atoms with Crippen LogP contribution in [0.5, 0.6) is 0 Å². The zero-order valence-corrected chi connectivity index (χ0v) is 12.4. The third kappa shape index (κ3) is 2.13. The number of imidazole rings is 1. The van der Waals surface area contributed by atoms with Crippen LogP contribution in [0.4, 0.5) is 5.95 Å². The molecule has 0 radical (unpaired) electrons. The number of para-hydroxylation sites is 1. The van der Waals surface area contributed by atoms with Crippen molar-refractivity contribution in [3.8, 4) is 0 Å². The molecule has 5 heteroatoms. The maximum Gasteiger partial charge on any atom is 0.201 e. The fourth-order valence-corrected chi connectivity index (χ4v) is 2.74. The minimum Gasteiger partial charge on any atom is -0.369 e. The van der Waals surface area contributed by atoms with Crippen molar-refractivity contribution in [2.75, 3.05) is 5.73 Å². The van der Waals surface area contributed by atoms with Crippen LogP contribution in [0, 0.1) is 0 Å². The molecular weight excluding hydrogens is 293 g/mol. The summed E-state index contributed by atoms with van der Waals surface area (Å²) in [4.78, 5) is 4.36. The van der Waals surface area contributed by atoms with Crippen LogP contribution in [0.25, 0.3) is 11.0 Å². The summed E-state index contributed by atoms with van der Waals surface area (Å²) in [6.07, 6.45) is 0. The van der Waals surface area contributed by atoms with Crippen molar-refractivity contribution in [1.29, 1.82) is 0 Å². The minimum absolute atomic E-state index is 0.0516. The van der Waals surface area contributed by atoms with Gasteiger partial charge in [-0.15, -0.1) is 0 Å². The Morgan fingerprint density at radius 1 is 1.10 bits per heavy atom. The number of fused-ring (bicyclic) bond motifs is 1. The van der Waals surface area contributed by atoms with Gasteiger partial charge in [0.1, 0.15) is 5.52 Å². The molecule has 102 valence electrons. The predicted octanol–water partition coefficient (Wildman–Crippen LogP) is 4.53. The number of nitrogens with zero attached hydrogens (tertiary/aromatic N) is 2. The number of halogens is 2. The second kappa shape index (κ2) is 5.00. The van der Waals surface area contributed by atoms with Crippen LogP contribution in [-0.4, -0.2) is 9.55 Å². The lowest BCUT2D eigenvalue weighted by atomic mass is 10.1. The van der Waals surface area contributed by atoms with Crippen molar-refractivity contribution in [1.82, 2.24) is 9.55 Å². The van der Waals surface area contributed by atoms with Crippen LogP contribution in [0.2, 0.25) is 10.0 Å². The van der Waals surface area contributed by atoms with Gasteiger partial charge in [-0.3, -0.25) is 0 Å². The van der Waals surface area contributed by atoms with E-state index in [0.717, 1.165) is 16.6 Å². The largest absolute Gasteiger partial charge is 0.369 e. The Bertz CT molecular complexity index is 763. The van der Waals surface area contributed by atoms with Gasteiger partial charge in [-0.25, -0.2) is 4.98 Å². The Labute approximate surface area is 126 Å². The Kier molecular flexibility index (Phi) is 3.32. The Morgan fingerprint density at radius 3 is 2.50 bits per heavy atom. The summed E-state index contributed by atoms with van der Waals surface area (Å²) in [5, 5.41) is 1.32. The third-order valence-corrected chi connectivity index (χ3v) is 3.99. The highest BCUT2D eigenvalue weighted by Gasteiger charge is 2.16. The van der Waals surface area contributed by atoms with Gasteiger partial charge in [0.05, 0.1) is 16.6 Å². The SMILES string of the molecule is CC(c1ccc(Cl)cc1)n1c(N)nc2c(Cl)cccc21. The average Bonchev–Trinajstić information content (AvgIpc) is 2.77. The van der Waals surface area contributed by atoms with Gasteiger partial charge in [-0.1, -0.05) is 41.4 Å². The minimum atomic E-state index is 0.0516. The zero-order valence-electron chi connectivity index (χ0n) is 10.8. The van der Waals surface area contributed by atoms with Crippen LogP contribution >= 0.6 is 23.2 Å². The number of nitrogens with two attached hydrogens (primary N) is 1. The van der Waals surface area contributed by atoms with Crippen LogP contribution in [0.15, 0.2) is 42.5 Å². The van der Waals surface area contributed by atoms with E-state index in [1.165, 1.54) is 0 Å². The van der Waals surface area contributed by atoms with Crippen LogP contribution in [0.1, 0.15) is 18.5 Å². The molecular formula is C15H13Cl2N3. The highest BCUT2D eigenvalue weighted by atomic mass is 35.5. The number of aromatic nitrogens is 2. The van der Waals surface area contributed by atoms with Gasteiger partial charge < -0.3 is 10.3 Å². The summed E-state index contributed by atoms with van der Waals surface area (Å²) in [5.74, 6) is 0.454. The van der Waals surface area contributed by atoms with E-state index in [4.69, 9.17) is 28.9 Å². The number of anilines is 1. The molecule has 0 fully saturated rings. The van der Waals surface area contributed by atoms with E-state index in [-0.39, 0.29) is 6.04 Å². The highest BCUT2D eigenvalue weighted by molar-refractivity contribution is 6.35. The Hall–Kier alpha value is -1.71. The van der Waals surface area contributed by atoms with Gasteiger partial charge in [-0.2, -0.15) is 0 Å². The lowest BCUT2D eigenvalue weighted by Gasteiger charge is -2.16. The second-order valence-electron chi connectivity index (χ2n) is 4.68. The van der Waals surface area contributed by atoms with Gasteiger partial charge >= 0.3 is 0 Å². The van der Waals surface area contributed by atoms with Gasteiger partial charge in [-0.05, 0) is 36.8 Å². The molecule has 20 heavy (non-hydrogen) atoms. The Morgan fingerprint density at radius 2 is 1.80 bits per heavy atom. The van der Waals surface area contributed by atoms with Gasteiger partial charge in [0.15, 0.2) is 0 Å². The molecule has 3 nitrogen and oxygen atoms in total. The first-order valence-corrected chi connectivity index (χ1v) is 7.01. The standard InChI is InChI=1S/C15H13Cl2N3/c1-9(10-5-7-11(16)8-6-10)20-13-4-2-3-12(17)14(13)19-15(20)18/h2-9H,1H3,(H2,18,19). The number of hydrogen-bond donors (Lipinski definition) is 1. The van der Waals surface area contributed by atoms with Crippen molar-refractivity contribution in [2.24, 2.45) is 0 Å². The summed E-state index contributed by atoms with van der Waals surface area (Å²) in [6, 6.07) is 13.5. The summed E-state index contributed by atoms with van der Waals surface area (Å²) >= 11 is 12.1. The van der Waals surface area contributed by atoms with Crippen molar-refractivity contribution >= 4 is 40.2 Å². The van der Waals surface area contributed by atoms with E-state index in [1.54, 1.807) is 0 Å². The molecule has 0 saturated heterocycles. The first kappa shape index (κ1) is 13.3. The number of nitrogen functional groups attached to an aromatic ring is 1. The molecule has 1 aromatic heterocycles. The maximum absolute atomic E-state index is 6.16. The number of benzene rings is 2. The molecule has 1 atom stereocenters. The van der Waals surface area contributed by atoms with Crippen LogP contribution in [-0.2, 0) is 0 Å². The molecule has 0 aliphatic carbocycles. The third-order valence-electron chi connectivity index (χ3n) is 3.44. The molecule has 1 heterocycles. The smallest absolute Gasteiger partial charge is 0.201 e. The highest BCUT2D eigenvalue weighted by Crippen LogP contribution is 2.30. The molecule has 0 aliphatic heterocycles. The van der Waals surface area contributed by atoms with E-state index in [2.05, 4.69) is 11.9 Å². The summed E-state index contributed by atoms with van der Waals surface area (Å²) < 4.78 is 1.98. The normalized spacial score (nSPS) is 12.8. The number of hydrogen-bond acceptors (Lipinski definition) is 2. The lowest BCUT2D eigenvalue weighted by Crippen LogP contribution is -2.10. The molecule has 0 aliphatic rings. The summed E-state index contributed by atoms with van der Waals surface area (Å²) in [6.45, 7) is 2.07. The molecule has 0 spiro atoms. The monoisotopic (exact) mass is 305 g/mol. The zero-order chi connectivity index (χ0) is 14.3. The van der Waals surface area contributed by atoms with E-state index in [0.29, 0.717) is 16.0 Å². The predicted molar refractivity (Wildman–Crippen MR) is 84.4 cm³/mol. The first-order valence-electron chi connectivity index (χ1n) is 6.25. The molecule has 2 aromatic carbocycles. The van der Waals surface area contributed by atoms with Gasteiger partial charge in [0.25, 0.3) is 0 Å². The maximum atomic E-state index is 6.16. The van der Waals surface area contributed by atoms with Crippen molar-refractivity contribution in [3.63, 3.8) is 0 Å². The van der Waals surface area contributed by atoms with E-state index >= 15 is 0 Å². The number of rotatable bonds is 2. The fourth-order valence-electron chi connectivity index (χ4n) is 2.40. The topological polar surface area (TPSA) is 43.8 Å². The Balaban J connectivity index is 2.16. The van der Waals surface area contributed by atoms with Crippen LogP contribution < -0.4 is 5.73 Å². The van der Waals surface area contributed by atoms with Crippen molar-refractivity contribution in [3.05, 3.63) is 58.1 Å². The van der Waals surface area contributed by atoms with Gasteiger partial charge in [0.2, 0.25) is 5.95 Å². The fraction of sp³-hybridized carbons (Fsp3) is 0.133. The van der Waals surface area contributed by atoms with E-state index < -0.39 is 0 Å². The quantitative estimate of drug-likeness (QED) is 0.755. The van der Waals surface area contributed by atoms with Gasteiger partial charge in [0, 0.05) is 5.02 Å². The molecule has 2 N–H and O–H groups in total. The average molecular weight is 306 g/mol. The van der Waals surface area contributed by atoms with E-state index in [9.17, 15) is 0 Å².